The van der Waals surface area contributed by atoms with Gasteiger partial charge in [0.1, 0.15) is 6.61 Å². The Morgan fingerprint density at radius 1 is 0.917 bits per heavy atom. The van der Waals surface area contributed by atoms with Crippen LogP contribution in [0.25, 0.3) is 0 Å². The lowest BCUT2D eigenvalue weighted by molar-refractivity contribution is -0.117. The van der Waals surface area contributed by atoms with Gasteiger partial charge in [-0.25, -0.2) is 4.79 Å². The third-order valence-corrected chi connectivity index (χ3v) is 7.36. The summed E-state index contributed by atoms with van der Waals surface area (Å²) in [6, 6.07) is 12.1. The Bertz CT molecular complexity index is 1260. The van der Waals surface area contributed by atoms with Crippen molar-refractivity contribution in [3.8, 4) is 11.5 Å². The van der Waals surface area contributed by atoms with Gasteiger partial charge in [0.15, 0.2) is 23.1 Å². The van der Waals surface area contributed by atoms with E-state index in [1.165, 1.54) is 0 Å². The monoisotopic (exact) mass is 487 g/mol. The summed E-state index contributed by atoms with van der Waals surface area (Å²) in [4.78, 5) is 39.5. The van der Waals surface area contributed by atoms with Gasteiger partial charge in [0.05, 0.1) is 12.7 Å². The first-order chi connectivity index (χ1) is 17.4. The maximum Gasteiger partial charge on any atom is 0.335 e. The fourth-order valence-corrected chi connectivity index (χ4v) is 5.57. The highest BCUT2D eigenvalue weighted by Gasteiger charge is 2.42. The third kappa shape index (κ3) is 4.19. The largest absolute Gasteiger partial charge is 0.493 e. The highest BCUT2D eigenvalue weighted by atomic mass is 16.5. The molecule has 0 bridgehead atoms. The van der Waals surface area contributed by atoms with Gasteiger partial charge in [-0.1, -0.05) is 18.2 Å². The van der Waals surface area contributed by atoms with Gasteiger partial charge in [0.25, 0.3) is 0 Å². The van der Waals surface area contributed by atoms with E-state index >= 15 is 0 Å². The predicted molar refractivity (Wildman–Crippen MR) is 133 cm³/mol. The van der Waals surface area contributed by atoms with Gasteiger partial charge in [-0.15, -0.1) is 0 Å². The second-order valence-corrected chi connectivity index (χ2v) is 9.47. The van der Waals surface area contributed by atoms with Crippen molar-refractivity contribution in [1.82, 2.24) is 4.90 Å². The summed E-state index contributed by atoms with van der Waals surface area (Å²) in [6.07, 6.45) is 4.32. The number of carboxylic acid groups (broad SMARTS) is 1. The number of hydrogen-bond donors (Lipinski definition) is 1. The maximum atomic E-state index is 13.2. The van der Waals surface area contributed by atoms with E-state index in [1.54, 1.807) is 31.4 Å². The van der Waals surface area contributed by atoms with Gasteiger partial charge < -0.3 is 19.5 Å². The standard InChI is InChI=1S/C29H29NO6/c1-30-20-5-3-7-22(31)27(20)26(28-21(30)6-4-8-23(28)32)19-13-14-24(25(15-19)35-2)36-16-17-9-11-18(12-10-17)29(33)34/h9-15,26H,3-8,16H2,1-2H3,(H,33,34). The quantitative estimate of drug-likeness (QED) is 0.612. The van der Waals surface area contributed by atoms with Gasteiger partial charge in [-0.05, 0) is 61.1 Å². The van der Waals surface area contributed by atoms with Crippen molar-refractivity contribution in [1.29, 1.82) is 0 Å². The molecule has 3 aliphatic rings. The molecule has 0 saturated carbocycles. The number of aromatic carboxylic acids is 1. The molecule has 0 fully saturated rings. The summed E-state index contributed by atoms with van der Waals surface area (Å²) < 4.78 is 11.6. The average Bonchev–Trinajstić information content (AvgIpc) is 2.89. The molecule has 7 heteroatoms. The highest BCUT2D eigenvalue weighted by Crippen LogP contribution is 2.49. The number of Topliss-reactive ketones (excluding diaryl/α,β-unsaturated/α-hetero) is 2. The molecule has 0 amide bonds. The third-order valence-electron chi connectivity index (χ3n) is 7.36. The molecule has 0 unspecified atom stereocenters. The molecule has 1 heterocycles. The molecular weight excluding hydrogens is 458 g/mol. The summed E-state index contributed by atoms with van der Waals surface area (Å²) >= 11 is 0. The van der Waals surface area contributed by atoms with E-state index in [4.69, 9.17) is 14.6 Å². The first kappa shape index (κ1) is 23.9. The molecule has 7 nitrogen and oxygen atoms in total. The Balaban J connectivity index is 1.49. The van der Waals surface area contributed by atoms with Gasteiger partial charge in [0.2, 0.25) is 0 Å². The van der Waals surface area contributed by atoms with Crippen LogP contribution in [0.15, 0.2) is 65.0 Å². The zero-order valence-corrected chi connectivity index (χ0v) is 20.5. The Labute approximate surface area is 210 Å². The molecular formula is C29H29NO6. The molecule has 2 aromatic rings. The second kappa shape index (κ2) is 9.64. The molecule has 0 aromatic heterocycles. The van der Waals surface area contributed by atoms with Crippen LogP contribution in [0.4, 0.5) is 0 Å². The van der Waals surface area contributed by atoms with E-state index in [-0.39, 0.29) is 23.7 Å². The van der Waals surface area contributed by atoms with Crippen molar-refractivity contribution < 1.29 is 29.0 Å². The molecule has 186 valence electrons. The zero-order valence-electron chi connectivity index (χ0n) is 20.5. The summed E-state index contributed by atoms with van der Waals surface area (Å²) in [5, 5.41) is 9.08. The van der Waals surface area contributed by atoms with Crippen LogP contribution in [0.1, 0.15) is 65.9 Å². The molecule has 2 aromatic carbocycles. The van der Waals surface area contributed by atoms with E-state index in [0.29, 0.717) is 24.3 Å². The topological polar surface area (TPSA) is 93.1 Å². The average molecular weight is 488 g/mol. The van der Waals surface area contributed by atoms with Gasteiger partial charge in [0, 0.05) is 48.3 Å². The van der Waals surface area contributed by atoms with Crippen LogP contribution in [-0.4, -0.2) is 41.7 Å². The van der Waals surface area contributed by atoms with E-state index in [9.17, 15) is 14.4 Å². The van der Waals surface area contributed by atoms with E-state index in [1.807, 2.05) is 25.2 Å². The molecule has 0 atom stereocenters. The number of methoxy groups -OCH3 is 1. The van der Waals surface area contributed by atoms with Crippen molar-refractivity contribution in [2.24, 2.45) is 0 Å². The van der Waals surface area contributed by atoms with Crippen LogP contribution in [0.5, 0.6) is 11.5 Å². The lowest BCUT2D eigenvalue weighted by Crippen LogP contribution is -2.37. The Kier molecular flexibility index (Phi) is 6.39. The Hall–Kier alpha value is -3.87. The van der Waals surface area contributed by atoms with Gasteiger partial charge >= 0.3 is 5.97 Å². The Morgan fingerprint density at radius 3 is 2.08 bits per heavy atom. The molecule has 0 saturated heterocycles. The van der Waals surface area contributed by atoms with Crippen LogP contribution >= 0.6 is 0 Å². The first-order valence-corrected chi connectivity index (χ1v) is 12.3. The number of hydrogen-bond acceptors (Lipinski definition) is 6. The summed E-state index contributed by atoms with van der Waals surface area (Å²) in [5.74, 6) is -0.0881. The van der Waals surface area contributed by atoms with Gasteiger partial charge in [-0.2, -0.15) is 0 Å². The Morgan fingerprint density at radius 2 is 1.53 bits per heavy atom. The minimum Gasteiger partial charge on any atom is -0.493 e. The number of carboxylic acids is 1. The number of carbonyl (C=O) groups excluding carboxylic acids is 2. The molecule has 1 aliphatic heterocycles. The number of carbonyl (C=O) groups is 3. The molecule has 36 heavy (non-hydrogen) atoms. The number of ether oxygens (including phenoxy) is 2. The number of ketones is 2. The normalized spacial score (nSPS) is 18.2. The summed E-state index contributed by atoms with van der Waals surface area (Å²) in [7, 11) is 3.55. The fourth-order valence-electron chi connectivity index (χ4n) is 5.57. The van der Waals surface area contributed by atoms with Crippen LogP contribution < -0.4 is 9.47 Å². The molecule has 2 aliphatic carbocycles. The highest BCUT2D eigenvalue weighted by molar-refractivity contribution is 6.06. The van der Waals surface area contributed by atoms with Crippen LogP contribution in [0, 0.1) is 0 Å². The smallest absolute Gasteiger partial charge is 0.335 e. The fraction of sp³-hybridized carbons (Fsp3) is 0.345. The number of nitrogens with zero attached hydrogens (tertiary/aromatic N) is 1. The van der Waals surface area contributed by atoms with Crippen molar-refractivity contribution in [2.75, 3.05) is 14.2 Å². The predicted octanol–water partition coefficient (Wildman–Crippen LogP) is 5.02. The number of benzene rings is 2. The van der Waals surface area contributed by atoms with Crippen molar-refractivity contribution >= 4 is 17.5 Å². The van der Waals surface area contributed by atoms with Gasteiger partial charge in [-0.3, -0.25) is 9.59 Å². The summed E-state index contributed by atoms with van der Waals surface area (Å²) in [6.45, 7) is 0.241. The van der Waals surface area contributed by atoms with Crippen molar-refractivity contribution in [2.45, 2.75) is 51.0 Å². The molecule has 0 spiro atoms. The zero-order chi connectivity index (χ0) is 25.4. The van der Waals surface area contributed by atoms with Crippen LogP contribution in [-0.2, 0) is 16.2 Å². The van der Waals surface area contributed by atoms with E-state index in [2.05, 4.69) is 4.90 Å². The van der Waals surface area contributed by atoms with Crippen LogP contribution in [0.2, 0.25) is 0 Å². The summed E-state index contributed by atoms with van der Waals surface area (Å²) in [5.41, 5.74) is 5.45. The van der Waals surface area contributed by atoms with Crippen molar-refractivity contribution in [3.63, 3.8) is 0 Å². The van der Waals surface area contributed by atoms with Crippen molar-refractivity contribution in [3.05, 3.63) is 81.7 Å². The lowest BCUT2D eigenvalue weighted by Gasteiger charge is -2.42. The first-order valence-electron chi connectivity index (χ1n) is 12.3. The number of rotatable bonds is 6. The second-order valence-electron chi connectivity index (χ2n) is 9.47. The molecule has 0 radical (unpaired) electrons. The molecule has 5 rings (SSSR count). The van der Waals surface area contributed by atoms with Crippen LogP contribution in [0.3, 0.4) is 0 Å². The number of allylic oxidation sites excluding steroid dienone is 4. The minimum atomic E-state index is -0.974. The minimum absolute atomic E-state index is 0.113. The van der Waals surface area contributed by atoms with E-state index < -0.39 is 11.9 Å². The maximum absolute atomic E-state index is 13.2. The lowest BCUT2D eigenvalue weighted by atomic mass is 9.71. The molecule has 1 N–H and O–H groups in total. The SMILES string of the molecule is COc1cc(C2C3=C(CCCC3=O)N(C)C3=C2C(=O)CCC3)ccc1OCc1ccc(C(=O)O)cc1. The van der Waals surface area contributed by atoms with E-state index in [0.717, 1.165) is 59.4 Å².